The maximum atomic E-state index is 12.8. The number of thiophene rings is 1. The van der Waals surface area contributed by atoms with Crippen LogP contribution >= 0.6 is 11.3 Å². The third-order valence-electron chi connectivity index (χ3n) is 4.66. The highest BCUT2D eigenvalue weighted by molar-refractivity contribution is 7.92. The van der Waals surface area contributed by atoms with Gasteiger partial charge in [-0.25, -0.2) is 8.42 Å². The monoisotopic (exact) mass is 432 g/mol. The topological polar surface area (TPSA) is 88.8 Å². The Labute approximate surface area is 173 Å². The summed E-state index contributed by atoms with van der Waals surface area (Å²) in [6.45, 7) is 2.18. The molecule has 0 spiro atoms. The summed E-state index contributed by atoms with van der Waals surface area (Å²) in [6, 6.07) is 10.0. The molecule has 1 N–H and O–H groups in total. The predicted octanol–water partition coefficient (Wildman–Crippen LogP) is 3.21. The normalized spacial score (nSPS) is 14.7. The van der Waals surface area contributed by atoms with Gasteiger partial charge in [0.1, 0.15) is 5.76 Å². The van der Waals surface area contributed by atoms with Crippen molar-refractivity contribution in [2.24, 2.45) is 0 Å². The van der Waals surface area contributed by atoms with Crippen LogP contribution in [-0.4, -0.2) is 45.5 Å². The zero-order valence-corrected chi connectivity index (χ0v) is 17.2. The number of amides is 1. The molecule has 1 aliphatic heterocycles. The Morgan fingerprint density at radius 2 is 1.86 bits per heavy atom. The number of benzene rings is 1. The lowest BCUT2D eigenvalue weighted by atomic mass is 10.2. The van der Waals surface area contributed by atoms with Crippen molar-refractivity contribution < 1.29 is 22.4 Å². The minimum absolute atomic E-state index is 0.0325. The number of nitrogens with zero attached hydrogens (tertiary/aromatic N) is 1. The molecule has 1 aromatic carbocycles. The second-order valence-electron chi connectivity index (χ2n) is 6.59. The number of carbonyl (C=O) groups is 1. The predicted molar refractivity (Wildman–Crippen MR) is 110 cm³/mol. The molecule has 9 heteroatoms. The van der Waals surface area contributed by atoms with E-state index in [0.29, 0.717) is 43.3 Å². The summed E-state index contributed by atoms with van der Waals surface area (Å²) < 4.78 is 38.8. The maximum Gasteiger partial charge on any atom is 0.261 e. The number of carbonyl (C=O) groups excluding carboxylic acids is 1. The number of sulfonamides is 1. The van der Waals surface area contributed by atoms with Crippen molar-refractivity contribution in [3.63, 3.8) is 0 Å². The maximum absolute atomic E-state index is 12.8. The SMILES string of the molecule is O=C(Cc1cscc1NS(=O)(=O)c1ccc(-c2ccco2)cc1)N1CCOCC1. The van der Waals surface area contributed by atoms with Crippen LogP contribution in [0.5, 0.6) is 0 Å². The second kappa shape index (κ2) is 8.40. The van der Waals surface area contributed by atoms with E-state index in [9.17, 15) is 13.2 Å². The number of anilines is 1. The van der Waals surface area contributed by atoms with Crippen LogP contribution in [0.25, 0.3) is 11.3 Å². The summed E-state index contributed by atoms with van der Waals surface area (Å²) in [5.74, 6) is 0.638. The summed E-state index contributed by atoms with van der Waals surface area (Å²) in [6.07, 6.45) is 1.72. The average Bonchev–Trinajstić information content (AvgIpc) is 3.41. The minimum atomic E-state index is -3.77. The van der Waals surface area contributed by atoms with Gasteiger partial charge in [0.2, 0.25) is 5.91 Å². The highest BCUT2D eigenvalue weighted by Crippen LogP contribution is 2.27. The molecule has 29 heavy (non-hydrogen) atoms. The van der Waals surface area contributed by atoms with Gasteiger partial charge in [0.05, 0.1) is 36.5 Å². The number of furan rings is 1. The van der Waals surface area contributed by atoms with Gasteiger partial charge in [-0.2, -0.15) is 0 Å². The van der Waals surface area contributed by atoms with Crippen molar-refractivity contribution in [2.75, 3.05) is 31.0 Å². The fraction of sp³-hybridized carbons (Fsp3) is 0.250. The Balaban J connectivity index is 1.47. The van der Waals surface area contributed by atoms with E-state index in [2.05, 4.69) is 4.72 Å². The van der Waals surface area contributed by atoms with E-state index in [1.807, 2.05) is 6.07 Å². The van der Waals surface area contributed by atoms with Crippen molar-refractivity contribution in [2.45, 2.75) is 11.3 Å². The Morgan fingerprint density at radius 1 is 1.10 bits per heavy atom. The van der Waals surface area contributed by atoms with Crippen molar-refractivity contribution in [1.82, 2.24) is 4.90 Å². The first-order chi connectivity index (χ1) is 14.0. The molecule has 0 unspecified atom stereocenters. The van der Waals surface area contributed by atoms with Crippen LogP contribution in [0.15, 0.2) is 62.7 Å². The lowest BCUT2D eigenvalue weighted by Gasteiger charge is -2.26. The van der Waals surface area contributed by atoms with Crippen molar-refractivity contribution in [3.05, 3.63) is 59.0 Å². The smallest absolute Gasteiger partial charge is 0.261 e. The molecular weight excluding hydrogens is 412 g/mol. The summed E-state index contributed by atoms with van der Waals surface area (Å²) >= 11 is 1.36. The van der Waals surface area contributed by atoms with Gasteiger partial charge in [-0.1, -0.05) is 0 Å². The van der Waals surface area contributed by atoms with Crippen LogP contribution in [0.4, 0.5) is 5.69 Å². The molecule has 0 aliphatic carbocycles. The minimum Gasteiger partial charge on any atom is -0.464 e. The van der Waals surface area contributed by atoms with Crippen LogP contribution < -0.4 is 4.72 Å². The zero-order valence-electron chi connectivity index (χ0n) is 15.5. The number of rotatable bonds is 6. The van der Waals surface area contributed by atoms with Gasteiger partial charge in [-0.15, -0.1) is 11.3 Å². The molecule has 3 aromatic rings. The van der Waals surface area contributed by atoms with Gasteiger partial charge in [0, 0.05) is 24.0 Å². The first kappa shape index (κ1) is 19.7. The van der Waals surface area contributed by atoms with Gasteiger partial charge in [0.25, 0.3) is 10.0 Å². The van der Waals surface area contributed by atoms with E-state index < -0.39 is 10.0 Å². The van der Waals surface area contributed by atoms with Crippen LogP contribution in [0.3, 0.4) is 0 Å². The Bertz CT molecular complexity index is 1070. The molecule has 1 fully saturated rings. The van der Waals surface area contributed by atoms with Crippen molar-refractivity contribution in [3.8, 4) is 11.3 Å². The largest absolute Gasteiger partial charge is 0.464 e. The number of ether oxygens (including phenoxy) is 1. The Hall–Kier alpha value is -2.62. The Kier molecular flexibility index (Phi) is 5.70. The van der Waals surface area contributed by atoms with Gasteiger partial charge in [0.15, 0.2) is 0 Å². The molecule has 152 valence electrons. The van der Waals surface area contributed by atoms with E-state index >= 15 is 0 Å². The molecule has 1 aliphatic rings. The first-order valence-electron chi connectivity index (χ1n) is 9.10. The summed E-state index contributed by atoms with van der Waals surface area (Å²) in [5.41, 5.74) is 1.90. The molecule has 1 saturated heterocycles. The molecule has 0 radical (unpaired) electrons. The molecular formula is C20H20N2O5S2. The fourth-order valence-corrected chi connectivity index (χ4v) is 5.04. The fourth-order valence-electron chi connectivity index (χ4n) is 3.08. The third kappa shape index (κ3) is 4.52. The summed E-state index contributed by atoms with van der Waals surface area (Å²) in [4.78, 5) is 14.4. The second-order valence-corrected chi connectivity index (χ2v) is 9.01. The van der Waals surface area contributed by atoms with Crippen LogP contribution in [0, 0.1) is 0 Å². The average molecular weight is 433 g/mol. The third-order valence-corrected chi connectivity index (χ3v) is 6.84. The van der Waals surface area contributed by atoms with E-state index in [1.54, 1.807) is 40.1 Å². The van der Waals surface area contributed by atoms with Crippen LogP contribution in [0.2, 0.25) is 0 Å². The number of nitrogens with one attached hydrogen (secondary N) is 1. The summed E-state index contributed by atoms with van der Waals surface area (Å²) in [5, 5.41) is 3.51. The molecule has 0 atom stereocenters. The molecule has 3 heterocycles. The lowest BCUT2D eigenvalue weighted by Crippen LogP contribution is -2.41. The van der Waals surface area contributed by atoms with E-state index in [0.717, 1.165) is 5.56 Å². The van der Waals surface area contributed by atoms with Crippen molar-refractivity contribution in [1.29, 1.82) is 0 Å². The Morgan fingerprint density at radius 3 is 2.55 bits per heavy atom. The highest BCUT2D eigenvalue weighted by Gasteiger charge is 2.21. The van der Waals surface area contributed by atoms with Gasteiger partial charge in [-0.05, 0) is 47.3 Å². The quantitative estimate of drug-likeness (QED) is 0.646. The van der Waals surface area contributed by atoms with Crippen LogP contribution in [-0.2, 0) is 26.0 Å². The van der Waals surface area contributed by atoms with Crippen LogP contribution in [0.1, 0.15) is 5.56 Å². The van der Waals surface area contributed by atoms with Crippen molar-refractivity contribution >= 4 is 33.0 Å². The standard InChI is InChI=1S/C20H20N2O5S2/c23-20(22-7-10-26-11-8-22)12-16-13-28-14-18(16)21-29(24,25)17-5-3-15(4-6-17)19-2-1-9-27-19/h1-6,9,13-14,21H,7-8,10-12H2. The number of hydrogen-bond donors (Lipinski definition) is 1. The molecule has 7 nitrogen and oxygen atoms in total. The zero-order chi connectivity index (χ0) is 20.3. The first-order valence-corrected chi connectivity index (χ1v) is 11.5. The molecule has 0 saturated carbocycles. The number of morpholine rings is 1. The molecule has 2 aromatic heterocycles. The number of hydrogen-bond acceptors (Lipinski definition) is 6. The highest BCUT2D eigenvalue weighted by atomic mass is 32.2. The molecule has 0 bridgehead atoms. The van der Waals surface area contributed by atoms with Gasteiger partial charge < -0.3 is 14.1 Å². The molecule has 1 amide bonds. The summed E-state index contributed by atoms with van der Waals surface area (Å²) in [7, 11) is -3.77. The van der Waals surface area contributed by atoms with E-state index in [4.69, 9.17) is 9.15 Å². The van der Waals surface area contributed by atoms with E-state index in [1.165, 1.54) is 23.5 Å². The lowest BCUT2D eigenvalue weighted by molar-refractivity contribution is -0.134. The van der Waals surface area contributed by atoms with E-state index in [-0.39, 0.29) is 17.2 Å². The van der Waals surface area contributed by atoms with Gasteiger partial charge >= 0.3 is 0 Å². The molecule has 4 rings (SSSR count). The van der Waals surface area contributed by atoms with Gasteiger partial charge in [-0.3, -0.25) is 9.52 Å².